The molecular weight excluding hydrogens is 408 g/mol. The summed E-state index contributed by atoms with van der Waals surface area (Å²) in [5.74, 6) is -0.271. The van der Waals surface area contributed by atoms with Crippen LogP contribution < -0.4 is 15.8 Å². The molecule has 3 heterocycles. The molecule has 2 aromatic rings. The lowest BCUT2D eigenvalue weighted by molar-refractivity contribution is 0.0856. The fourth-order valence-electron chi connectivity index (χ4n) is 4.01. The monoisotopic (exact) mass is 436 g/mol. The molecule has 0 unspecified atom stereocenters. The number of aromatic amines is 1. The van der Waals surface area contributed by atoms with Gasteiger partial charge in [0.1, 0.15) is 0 Å². The van der Waals surface area contributed by atoms with Crippen LogP contribution in [0.2, 0.25) is 0 Å². The predicted molar refractivity (Wildman–Crippen MR) is 120 cm³/mol. The van der Waals surface area contributed by atoms with Gasteiger partial charge >= 0.3 is 0 Å². The van der Waals surface area contributed by atoms with Crippen molar-refractivity contribution < 1.29 is 4.79 Å². The molecule has 0 atom stereocenters. The van der Waals surface area contributed by atoms with Crippen LogP contribution in [0.4, 0.5) is 5.00 Å². The van der Waals surface area contributed by atoms with E-state index in [1.807, 2.05) is 32.2 Å². The summed E-state index contributed by atoms with van der Waals surface area (Å²) in [7, 11) is 0. The zero-order valence-electron chi connectivity index (χ0n) is 17.5. The van der Waals surface area contributed by atoms with Gasteiger partial charge in [0.25, 0.3) is 11.5 Å². The third-order valence-electron chi connectivity index (χ3n) is 5.61. The second-order valence-electron chi connectivity index (χ2n) is 7.62. The number of aromatic nitrogens is 1. The van der Waals surface area contributed by atoms with Crippen LogP contribution in [0.3, 0.4) is 0 Å². The second kappa shape index (κ2) is 9.32. The standard InChI is InChI=1S/C21H29ClN4O2S/c1-5-25(16-6-8-23-9-7-16)21-15(4)18(12-29-21)20(28)26(22)11-17-13(2)10-14(3)24-19(17)27/h10,12,16,23H,5-9,11H2,1-4H3,(H,24,27). The van der Waals surface area contributed by atoms with Crippen LogP contribution in [-0.2, 0) is 6.54 Å². The Hall–Kier alpha value is -1.83. The Morgan fingerprint density at radius 2 is 1.97 bits per heavy atom. The number of anilines is 1. The molecule has 1 saturated heterocycles. The molecule has 6 nitrogen and oxygen atoms in total. The van der Waals surface area contributed by atoms with Crippen molar-refractivity contribution in [1.29, 1.82) is 0 Å². The topological polar surface area (TPSA) is 68.4 Å². The summed E-state index contributed by atoms with van der Waals surface area (Å²) in [4.78, 5) is 30.5. The summed E-state index contributed by atoms with van der Waals surface area (Å²) in [5, 5.41) is 6.43. The van der Waals surface area contributed by atoms with E-state index in [0.29, 0.717) is 17.2 Å². The molecule has 3 rings (SSSR count). The van der Waals surface area contributed by atoms with Gasteiger partial charge in [0, 0.05) is 41.0 Å². The molecule has 0 bridgehead atoms. The molecule has 0 saturated carbocycles. The summed E-state index contributed by atoms with van der Waals surface area (Å²) in [5.41, 5.74) is 3.49. The number of H-pyrrole nitrogens is 1. The van der Waals surface area contributed by atoms with E-state index in [1.54, 1.807) is 11.3 Å². The lowest BCUT2D eigenvalue weighted by Crippen LogP contribution is -2.43. The summed E-state index contributed by atoms with van der Waals surface area (Å²) in [6.07, 6.45) is 2.21. The fourth-order valence-corrected chi connectivity index (χ4v) is 5.42. The summed E-state index contributed by atoms with van der Waals surface area (Å²) in [6.45, 7) is 10.9. The van der Waals surface area contributed by atoms with E-state index in [0.717, 1.165) is 58.7 Å². The van der Waals surface area contributed by atoms with E-state index in [1.165, 1.54) is 0 Å². The Morgan fingerprint density at radius 3 is 2.59 bits per heavy atom. The van der Waals surface area contributed by atoms with Crippen LogP contribution in [0, 0.1) is 20.8 Å². The Balaban J connectivity index is 1.80. The zero-order valence-corrected chi connectivity index (χ0v) is 19.0. The number of halogens is 1. The Bertz CT molecular complexity index is 933. The Kier molecular flexibility index (Phi) is 7.03. The molecule has 1 aliphatic heterocycles. The number of hydrogen-bond donors (Lipinski definition) is 2. The number of amides is 1. The molecule has 2 N–H and O–H groups in total. The molecule has 1 aliphatic rings. The number of carbonyl (C=O) groups excluding carboxylic acids is 1. The summed E-state index contributed by atoms with van der Waals surface area (Å²) >= 11 is 7.94. The molecule has 0 aliphatic carbocycles. The van der Waals surface area contributed by atoms with E-state index >= 15 is 0 Å². The maximum absolute atomic E-state index is 13.0. The largest absolute Gasteiger partial charge is 0.360 e. The van der Waals surface area contributed by atoms with Crippen LogP contribution >= 0.6 is 23.1 Å². The predicted octanol–water partition coefficient (Wildman–Crippen LogP) is 3.74. The lowest BCUT2D eigenvalue weighted by Gasteiger charge is -2.35. The molecule has 29 heavy (non-hydrogen) atoms. The van der Waals surface area contributed by atoms with E-state index in [-0.39, 0.29) is 18.0 Å². The Labute approximate surface area is 181 Å². The minimum absolute atomic E-state index is 0.0677. The maximum Gasteiger partial charge on any atom is 0.269 e. The first-order chi connectivity index (χ1) is 13.8. The van der Waals surface area contributed by atoms with E-state index in [2.05, 4.69) is 22.1 Å². The highest BCUT2D eigenvalue weighted by Gasteiger charge is 2.26. The minimum atomic E-state index is -0.271. The molecule has 0 radical (unpaired) electrons. The van der Waals surface area contributed by atoms with Crippen molar-refractivity contribution >= 4 is 34.0 Å². The van der Waals surface area contributed by atoms with Gasteiger partial charge in [-0.15, -0.1) is 11.3 Å². The first-order valence-corrected chi connectivity index (χ1v) is 11.3. The number of nitrogens with one attached hydrogen (secondary N) is 2. The van der Waals surface area contributed by atoms with Gasteiger partial charge in [-0.1, -0.05) is 0 Å². The van der Waals surface area contributed by atoms with Crippen molar-refractivity contribution in [3.63, 3.8) is 0 Å². The van der Waals surface area contributed by atoms with Gasteiger partial charge in [-0.05, 0) is 70.8 Å². The van der Waals surface area contributed by atoms with Gasteiger partial charge in [0.05, 0.1) is 17.1 Å². The lowest BCUT2D eigenvalue weighted by atomic mass is 10.0. The normalized spacial score (nSPS) is 14.8. The van der Waals surface area contributed by atoms with Crippen LogP contribution in [0.25, 0.3) is 0 Å². The van der Waals surface area contributed by atoms with E-state index < -0.39 is 0 Å². The van der Waals surface area contributed by atoms with Gasteiger partial charge in [0.15, 0.2) is 0 Å². The van der Waals surface area contributed by atoms with Crippen molar-refractivity contribution in [3.05, 3.63) is 49.7 Å². The first-order valence-electron chi connectivity index (χ1n) is 10.1. The van der Waals surface area contributed by atoms with Crippen LogP contribution in [0.1, 0.15) is 52.5 Å². The molecule has 158 valence electrons. The molecule has 8 heteroatoms. The second-order valence-corrected chi connectivity index (χ2v) is 8.88. The third kappa shape index (κ3) is 4.68. The number of piperidine rings is 1. The summed E-state index contributed by atoms with van der Waals surface area (Å²) in [6, 6.07) is 2.38. The van der Waals surface area contributed by atoms with Crippen molar-refractivity contribution in [1.82, 2.24) is 14.7 Å². The number of carbonyl (C=O) groups is 1. The molecule has 1 fully saturated rings. The minimum Gasteiger partial charge on any atom is -0.360 e. The SMILES string of the molecule is CCN(c1scc(C(=O)N(Cl)Cc2c(C)cc(C)[nH]c2=O)c1C)C1CCNCC1. The van der Waals surface area contributed by atoms with Crippen molar-refractivity contribution in [3.8, 4) is 0 Å². The van der Waals surface area contributed by atoms with Gasteiger partial charge in [-0.3, -0.25) is 9.59 Å². The van der Waals surface area contributed by atoms with Crippen LogP contribution in [0.5, 0.6) is 0 Å². The summed E-state index contributed by atoms with van der Waals surface area (Å²) < 4.78 is 1.12. The smallest absolute Gasteiger partial charge is 0.269 e. The third-order valence-corrected chi connectivity index (χ3v) is 7.00. The van der Waals surface area contributed by atoms with Crippen LogP contribution in [-0.4, -0.2) is 41.0 Å². The molecule has 1 amide bonds. The van der Waals surface area contributed by atoms with Gasteiger partial charge in [-0.25, -0.2) is 4.42 Å². The molecule has 2 aromatic heterocycles. The molecule has 0 aromatic carbocycles. The average molecular weight is 437 g/mol. The van der Waals surface area contributed by atoms with E-state index in [4.69, 9.17) is 11.8 Å². The number of rotatable bonds is 6. The van der Waals surface area contributed by atoms with Gasteiger partial charge < -0.3 is 15.2 Å². The highest BCUT2D eigenvalue weighted by atomic mass is 35.5. The van der Waals surface area contributed by atoms with Crippen molar-refractivity contribution in [2.45, 2.75) is 53.1 Å². The van der Waals surface area contributed by atoms with Crippen molar-refractivity contribution in [2.24, 2.45) is 0 Å². The highest BCUT2D eigenvalue weighted by molar-refractivity contribution is 7.14. The number of pyridine rings is 1. The zero-order chi connectivity index (χ0) is 21.1. The van der Waals surface area contributed by atoms with Gasteiger partial charge in [0.2, 0.25) is 0 Å². The number of thiophene rings is 1. The Morgan fingerprint density at radius 1 is 1.28 bits per heavy atom. The quantitative estimate of drug-likeness (QED) is 0.677. The fraction of sp³-hybridized carbons (Fsp3) is 0.524. The maximum atomic E-state index is 13.0. The number of aryl methyl sites for hydroxylation is 2. The highest BCUT2D eigenvalue weighted by Crippen LogP contribution is 2.34. The van der Waals surface area contributed by atoms with Crippen molar-refractivity contribution in [2.75, 3.05) is 24.5 Å². The van der Waals surface area contributed by atoms with E-state index in [9.17, 15) is 9.59 Å². The first kappa shape index (κ1) is 21.9. The average Bonchev–Trinajstić information content (AvgIpc) is 3.06. The van der Waals surface area contributed by atoms with Gasteiger partial charge in [-0.2, -0.15) is 0 Å². The molecular formula is C21H29ClN4O2S. The van der Waals surface area contributed by atoms with Crippen LogP contribution in [0.15, 0.2) is 16.2 Å². The number of hydrogen-bond acceptors (Lipinski definition) is 5. The number of nitrogens with zero attached hydrogens (tertiary/aromatic N) is 2. The molecule has 0 spiro atoms.